The summed E-state index contributed by atoms with van der Waals surface area (Å²) in [5.41, 5.74) is 0.302. The molecule has 0 aromatic heterocycles. The molecule has 100 valence electrons. The Morgan fingerprint density at radius 2 is 1.89 bits per heavy atom. The van der Waals surface area contributed by atoms with Gasteiger partial charge in [0.1, 0.15) is 5.82 Å². The molecule has 0 radical (unpaired) electrons. The molecule has 0 saturated heterocycles. The first-order chi connectivity index (χ1) is 9.06. The summed E-state index contributed by atoms with van der Waals surface area (Å²) in [4.78, 5) is 0.985. The third-order valence-electron chi connectivity index (χ3n) is 2.54. The summed E-state index contributed by atoms with van der Waals surface area (Å²) in [5, 5.41) is 10.7. The van der Waals surface area contributed by atoms with Gasteiger partial charge in [-0.15, -0.1) is 11.8 Å². The summed E-state index contributed by atoms with van der Waals surface area (Å²) >= 11 is 10.5. The molecule has 0 aliphatic carbocycles. The van der Waals surface area contributed by atoms with E-state index in [1.807, 2.05) is 12.1 Å². The fourth-order valence-corrected chi connectivity index (χ4v) is 2.93. The minimum absolute atomic E-state index is 0.302. The molecule has 0 amide bonds. The van der Waals surface area contributed by atoms with E-state index in [2.05, 4.69) is 15.9 Å². The lowest BCUT2D eigenvalue weighted by Gasteiger charge is -2.12. The molecule has 2 aromatic rings. The molecule has 5 heteroatoms. The van der Waals surface area contributed by atoms with Gasteiger partial charge in [0.2, 0.25) is 0 Å². The van der Waals surface area contributed by atoms with Crippen molar-refractivity contribution in [3.63, 3.8) is 0 Å². The summed E-state index contributed by atoms with van der Waals surface area (Å²) in [6.07, 6.45) is -0.849. The highest BCUT2D eigenvalue weighted by atomic mass is 79.9. The fraction of sp³-hybridized carbons (Fsp3) is 0.143. The van der Waals surface area contributed by atoms with Gasteiger partial charge in [-0.1, -0.05) is 27.5 Å². The topological polar surface area (TPSA) is 20.2 Å². The number of aliphatic hydroxyl groups excluding tert-OH is 1. The second-order valence-electron chi connectivity index (χ2n) is 3.95. The van der Waals surface area contributed by atoms with Crippen molar-refractivity contribution >= 4 is 39.3 Å². The molecular weight excluding hydrogens is 351 g/mol. The summed E-state index contributed by atoms with van der Waals surface area (Å²) in [6.45, 7) is 0. The van der Waals surface area contributed by atoms with Gasteiger partial charge in [-0.3, -0.25) is 0 Å². The Balaban J connectivity index is 2.03. The van der Waals surface area contributed by atoms with Crippen LogP contribution in [0.5, 0.6) is 0 Å². The number of hydrogen-bond donors (Lipinski definition) is 1. The molecule has 2 rings (SSSR count). The molecule has 1 nitrogen and oxygen atoms in total. The highest BCUT2D eigenvalue weighted by molar-refractivity contribution is 9.10. The summed E-state index contributed by atoms with van der Waals surface area (Å²) in [5.74, 6) is -0.0120. The highest BCUT2D eigenvalue weighted by Crippen LogP contribution is 2.28. The molecule has 0 aliphatic rings. The molecule has 0 saturated carbocycles. The summed E-state index contributed by atoms with van der Waals surface area (Å²) < 4.78 is 14.3. The van der Waals surface area contributed by atoms with E-state index in [0.717, 1.165) is 9.37 Å². The largest absolute Gasteiger partial charge is 0.387 e. The highest BCUT2D eigenvalue weighted by Gasteiger charge is 2.13. The molecule has 0 heterocycles. The van der Waals surface area contributed by atoms with Crippen LogP contribution < -0.4 is 0 Å². The molecule has 2 aromatic carbocycles. The first-order valence-electron chi connectivity index (χ1n) is 5.57. The van der Waals surface area contributed by atoms with Crippen LogP contribution >= 0.6 is 39.3 Å². The standard InChI is InChI=1S/C14H11BrClFOS/c15-9-1-6-13(17)12(7-9)14(18)8-19-11-4-2-10(16)3-5-11/h1-7,14,18H,8H2. The van der Waals surface area contributed by atoms with Gasteiger partial charge in [0.25, 0.3) is 0 Å². The molecule has 1 unspecified atom stereocenters. The smallest absolute Gasteiger partial charge is 0.129 e. The van der Waals surface area contributed by atoms with E-state index < -0.39 is 11.9 Å². The zero-order valence-electron chi connectivity index (χ0n) is 9.82. The predicted molar refractivity (Wildman–Crippen MR) is 81.2 cm³/mol. The van der Waals surface area contributed by atoms with Crippen LogP contribution in [-0.2, 0) is 0 Å². The van der Waals surface area contributed by atoms with E-state index >= 15 is 0 Å². The van der Waals surface area contributed by atoms with Crippen LogP contribution in [0.15, 0.2) is 51.8 Å². The van der Waals surface area contributed by atoms with E-state index in [-0.39, 0.29) is 0 Å². The van der Waals surface area contributed by atoms with Crippen LogP contribution in [0.25, 0.3) is 0 Å². The third kappa shape index (κ3) is 4.21. The van der Waals surface area contributed by atoms with Crippen LogP contribution in [-0.4, -0.2) is 10.9 Å². The molecular formula is C14H11BrClFOS. The van der Waals surface area contributed by atoms with Crippen LogP contribution in [0.1, 0.15) is 11.7 Å². The molecule has 1 atom stereocenters. The summed E-state index contributed by atoms with van der Waals surface area (Å²) in [7, 11) is 0. The van der Waals surface area contributed by atoms with Gasteiger partial charge in [0, 0.05) is 25.7 Å². The molecule has 0 spiro atoms. The Morgan fingerprint density at radius 1 is 1.21 bits per heavy atom. The van der Waals surface area contributed by atoms with Gasteiger partial charge in [-0.05, 0) is 42.5 Å². The Morgan fingerprint density at radius 3 is 2.58 bits per heavy atom. The van der Waals surface area contributed by atoms with E-state index in [0.29, 0.717) is 16.3 Å². The maximum atomic E-state index is 13.6. The van der Waals surface area contributed by atoms with Crippen LogP contribution in [0.3, 0.4) is 0 Å². The zero-order chi connectivity index (χ0) is 13.8. The Bertz CT molecular complexity index is 562. The first kappa shape index (κ1) is 14.9. The predicted octanol–water partition coefficient (Wildman–Crippen LogP) is 5.07. The van der Waals surface area contributed by atoms with E-state index in [4.69, 9.17) is 11.6 Å². The van der Waals surface area contributed by atoms with Crippen molar-refractivity contribution in [3.8, 4) is 0 Å². The van der Waals surface area contributed by atoms with Crippen molar-refractivity contribution in [2.24, 2.45) is 0 Å². The average molecular weight is 362 g/mol. The molecule has 0 aliphatic heterocycles. The Hall–Kier alpha value is -0.550. The van der Waals surface area contributed by atoms with Crippen LogP contribution in [0.4, 0.5) is 4.39 Å². The first-order valence-corrected chi connectivity index (χ1v) is 7.73. The maximum absolute atomic E-state index is 13.6. The second-order valence-corrected chi connectivity index (χ2v) is 6.39. The number of aliphatic hydroxyl groups is 1. The molecule has 1 N–H and O–H groups in total. The number of thioether (sulfide) groups is 1. The lowest BCUT2D eigenvalue weighted by Crippen LogP contribution is -2.03. The molecule has 19 heavy (non-hydrogen) atoms. The van der Waals surface area contributed by atoms with E-state index in [1.165, 1.54) is 17.8 Å². The minimum atomic E-state index is -0.849. The van der Waals surface area contributed by atoms with E-state index in [9.17, 15) is 9.50 Å². The lowest BCUT2D eigenvalue weighted by atomic mass is 10.1. The van der Waals surface area contributed by atoms with Crippen molar-refractivity contribution < 1.29 is 9.50 Å². The monoisotopic (exact) mass is 360 g/mol. The van der Waals surface area contributed by atoms with Gasteiger partial charge >= 0.3 is 0 Å². The average Bonchev–Trinajstić information content (AvgIpc) is 2.40. The second kappa shape index (κ2) is 6.75. The Kier molecular flexibility index (Phi) is 5.28. The summed E-state index contributed by atoms with van der Waals surface area (Å²) in [6, 6.07) is 11.9. The Labute approximate surface area is 128 Å². The van der Waals surface area contributed by atoms with Crippen LogP contribution in [0, 0.1) is 5.82 Å². The number of rotatable bonds is 4. The SMILES string of the molecule is OC(CSc1ccc(Cl)cc1)c1cc(Br)ccc1F. The number of benzene rings is 2. The molecule has 0 bridgehead atoms. The number of hydrogen-bond acceptors (Lipinski definition) is 2. The quantitative estimate of drug-likeness (QED) is 0.767. The fourth-order valence-electron chi connectivity index (χ4n) is 1.57. The van der Waals surface area contributed by atoms with Gasteiger partial charge in [-0.2, -0.15) is 0 Å². The maximum Gasteiger partial charge on any atom is 0.129 e. The van der Waals surface area contributed by atoms with Gasteiger partial charge < -0.3 is 5.11 Å². The molecule has 0 fully saturated rings. The van der Waals surface area contributed by atoms with Gasteiger partial charge in [0.05, 0.1) is 6.10 Å². The van der Waals surface area contributed by atoms with Crippen molar-refractivity contribution in [2.45, 2.75) is 11.0 Å². The van der Waals surface area contributed by atoms with E-state index in [1.54, 1.807) is 24.3 Å². The van der Waals surface area contributed by atoms with Crippen molar-refractivity contribution in [1.82, 2.24) is 0 Å². The lowest BCUT2D eigenvalue weighted by molar-refractivity contribution is 0.199. The third-order valence-corrected chi connectivity index (χ3v) is 4.37. The zero-order valence-corrected chi connectivity index (χ0v) is 13.0. The van der Waals surface area contributed by atoms with Crippen molar-refractivity contribution in [1.29, 1.82) is 0 Å². The van der Waals surface area contributed by atoms with Gasteiger partial charge in [-0.25, -0.2) is 4.39 Å². The van der Waals surface area contributed by atoms with Crippen molar-refractivity contribution in [3.05, 3.63) is 63.3 Å². The van der Waals surface area contributed by atoms with Crippen LogP contribution in [0.2, 0.25) is 5.02 Å². The van der Waals surface area contributed by atoms with Gasteiger partial charge in [0.15, 0.2) is 0 Å². The minimum Gasteiger partial charge on any atom is -0.387 e. The number of halogens is 3. The normalized spacial score (nSPS) is 12.4. The van der Waals surface area contributed by atoms with Crippen molar-refractivity contribution in [2.75, 3.05) is 5.75 Å².